The number of aromatic nitrogens is 3. The molecule has 8 heteroatoms. The van der Waals surface area contributed by atoms with Gasteiger partial charge in [0.2, 0.25) is 10.0 Å². The van der Waals surface area contributed by atoms with Gasteiger partial charge in [-0.1, -0.05) is 11.6 Å². The summed E-state index contributed by atoms with van der Waals surface area (Å²) in [6.45, 7) is 0. The van der Waals surface area contributed by atoms with Crippen LogP contribution in [-0.4, -0.2) is 23.6 Å². The molecule has 0 saturated carbocycles. The van der Waals surface area contributed by atoms with E-state index in [4.69, 9.17) is 16.7 Å². The molecule has 0 amide bonds. The maximum Gasteiger partial charge on any atom is 0.238 e. The van der Waals surface area contributed by atoms with Crippen molar-refractivity contribution >= 4 is 43.4 Å². The minimum absolute atomic E-state index is 0.0780. The van der Waals surface area contributed by atoms with Crippen LogP contribution in [0.4, 0.5) is 0 Å². The van der Waals surface area contributed by atoms with Crippen LogP contribution in [-0.2, 0) is 10.0 Å². The van der Waals surface area contributed by atoms with E-state index >= 15 is 0 Å². The molecule has 23 heavy (non-hydrogen) atoms. The molecule has 0 bridgehead atoms. The molecule has 0 aliphatic rings. The van der Waals surface area contributed by atoms with E-state index in [0.29, 0.717) is 5.02 Å². The molecule has 6 nitrogen and oxygen atoms in total. The number of primary sulfonamides is 1. The Kier molecular flexibility index (Phi) is 2.99. The van der Waals surface area contributed by atoms with E-state index in [0.717, 1.165) is 33.2 Å². The fourth-order valence-electron chi connectivity index (χ4n) is 2.61. The predicted octanol–water partition coefficient (Wildman–Crippen LogP) is 3.01. The standard InChI is InChI=1S/C15H11ClN4O2S/c16-9-1-3-11-13(7-9)19-20-15(11)14-6-8-5-10(23(17,21)22)2-4-12(8)18-14/h1-7,18H,(H,19,20)(H2,17,21,22). The van der Waals surface area contributed by atoms with E-state index in [1.165, 1.54) is 12.1 Å². The van der Waals surface area contributed by atoms with Gasteiger partial charge in [0.25, 0.3) is 0 Å². The molecule has 2 aromatic carbocycles. The molecule has 2 aromatic heterocycles. The first-order valence-electron chi connectivity index (χ1n) is 6.71. The van der Waals surface area contributed by atoms with Gasteiger partial charge in [-0.2, -0.15) is 5.10 Å². The van der Waals surface area contributed by atoms with E-state index in [-0.39, 0.29) is 4.90 Å². The SMILES string of the molecule is NS(=O)(=O)c1ccc2[nH]c(-c3n[nH]c4cc(Cl)ccc34)cc2c1. The topological polar surface area (TPSA) is 105 Å². The summed E-state index contributed by atoms with van der Waals surface area (Å²) in [5.41, 5.74) is 3.15. The number of nitrogens with zero attached hydrogens (tertiary/aromatic N) is 1. The van der Waals surface area contributed by atoms with Crippen molar-refractivity contribution < 1.29 is 8.42 Å². The molecule has 0 aliphatic carbocycles. The summed E-state index contributed by atoms with van der Waals surface area (Å²) in [5, 5.41) is 14.7. The van der Waals surface area contributed by atoms with Gasteiger partial charge in [-0.3, -0.25) is 5.10 Å². The number of H-pyrrole nitrogens is 2. The maximum absolute atomic E-state index is 11.5. The number of rotatable bonds is 2. The van der Waals surface area contributed by atoms with Crippen LogP contribution in [0.25, 0.3) is 33.2 Å². The second kappa shape index (κ2) is 4.82. The van der Waals surface area contributed by atoms with Gasteiger partial charge in [-0.05, 0) is 42.5 Å². The number of benzene rings is 2. The first kappa shape index (κ1) is 14.3. The van der Waals surface area contributed by atoms with Crippen LogP contribution in [0, 0.1) is 0 Å². The van der Waals surface area contributed by atoms with E-state index < -0.39 is 10.0 Å². The second-order valence-electron chi connectivity index (χ2n) is 5.24. The lowest BCUT2D eigenvalue weighted by atomic mass is 10.1. The summed E-state index contributed by atoms with van der Waals surface area (Å²) in [7, 11) is -3.73. The van der Waals surface area contributed by atoms with Crippen LogP contribution in [0.3, 0.4) is 0 Å². The fraction of sp³-hybridized carbons (Fsp3) is 0. The number of sulfonamides is 1. The number of nitrogens with one attached hydrogen (secondary N) is 2. The molecule has 4 rings (SSSR count). The third-order valence-electron chi connectivity index (χ3n) is 3.70. The Balaban J connectivity index is 1.91. The first-order chi connectivity index (χ1) is 10.9. The smallest absolute Gasteiger partial charge is 0.238 e. The van der Waals surface area contributed by atoms with Gasteiger partial charge >= 0.3 is 0 Å². The van der Waals surface area contributed by atoms with Gasteiger partial charge in [-0.25, -0.2) is 13.6 Å². The average Bonchev–Trinajstić information content (AvgIpc) is 3.07. The molecule has 0 atom stereocenters. The number of halogens is 1. The van der Waals surface area contributed by atoms with Crippen LogP contribution in [0.1, 0.15) is 0 Å². The predicted molar refractivity (Wildman–Crippen MR) is 89.8 cm³/mol. The summed E-state index contributed by atoms with van der Waals surface area (Å²) in [6, 6.07) is 12.0. The molecular weight excluding hydrogens is 336 g/mol. The van der Waals surface area contributed by atoms with Gasteiger partial charge in [0.05, 0.1) is 16.1 Å². The lowest BCUT2D eigenvalue weighted by Crippen LogP contribution is -2.11. The fourth-order valence-corrected chi connectivity index (χ4v) is 3.33. The van der Waals surface area contributed by atoms with Gasteiger partial charge in [0, 0.05) is 21.3 Å². The Bertz CT molecular complexity index is 1160. The molecule has 2 heterocycles. The minimum atomic E-state index is -3.73. The van der Waals surface area contributed by atoms with E-state index in [1.807, 2.05) is 12.1 Å². The minimum Gasteiger partial charge on any atom is -0.353 e. The summed E-state index contributed by atoms with van der Waals surface area (Å²) in [4.78, 5) is 3.31. The molecule has 0 spiro atoms. The van der Waals surface area contributed by atoms with Crippen molar-refractivity contribution in [3.8, 4) is 11.4 Å². The zero-order valence-electron chi connectivity index (χ0n) is 11.7. The van der Waals surface area contributed by atoms with Crippen molar-refractivity contribution in [2.75, 3.05) is 0 Å². The van der Waals surface area contributed by atoms with Crippen LogP contribution in [0.15, 0.2) is 47.4 Å². The van der Waals surface area contributed by atoms with Gasteiger partial charge < -0.3 is 4.98 Å². The van der Waals surface area contributed by atoms with Gasteiger partial charge in [0.15, 0.2) is 0 Å². The average molecular weight is 347 g/mol. The number of hydrogen-bond acceptors (Lipinski definition) is 3. The Morgan fingerprint density at radius 3 is 2.65 bits per heavy atom. The molecule has 0 unspecified atom stereocenters. The monoisotopic (exact) mass is 346 g/mol. The summed E-state index contributed by atoms with van der Waals surface area (Å²) < 4.78 is 22.9. The van der Waals surface area contributed by atoms with Crippen molar-refractivity contribution in [3.63, 3.8) is 0 Å². The van der Waals surface area contributed by atoms with Crippen molar-refractivity contribution in [2.24, 2.45) is 5.14 Å². The van der Waals surface area contributed by atoms with Crippen molar-refractivity contribution in [3.05, 3.63) is 47.5 Å². The molecule has 4 aromatic rings. The van der Waals surface area contributed by atoms with E-state index in [9.17, 15) is 8.42 Å². The number of nitrogens with two attached hydrogens (primary N) is 1. The van der Waals surface area contributed by atoms with Crippen molar-refractivity contribution in [1.29, 1.82) is 0 Å². The molecule has 0 fully saturated rings. The van der Waals surface area contributed by atoms with Gasteiger partial charge in [0.1, 0.15) is 5.69 Å². The molecule has 0 radical (unpaired) electrons. The number of aromatic amines is 2. The second-order valence-corrected chi connectivity index (χ2v) is 7.24. The molecule has 116 valence electrons. The first-order valence-corrected chi connectivity index (χ1v) is 8.64. The summed E-state index contributed by atoms with van der Waals surface area (Å²) >= 11 is 5.97. The molecular formula is C15H11ClN4O2S. The summed E-state index contributed by atoms with van der Waals surface area (Å²) in [5.74, 6) is 0. The van der Waals surface area contributed by atoms with Crippen LogP contribution < -0.4 is 5.14 Å². The highest BCUT2D eigenvalue weighted by atomic mass is 35.5. The molecule has 4 N–H and O–H groups in total. The third kappa shape index (κ3) is 2.39. The molecule has 0 aliphatic heterocycles. The van der Waals surface area contributed by atoms with Crippen LogP contribution in [0.5, 0.6) is 0 Å². The number of hydrogen-bond donors (Lipinski definition) is 3. The normalized spacial score (nSPS) is 12.3. The zero-order chi connectivity index (χ0) is 16.2. The lowest BCUT2D eigenvalue weighted by molar-refractivity contribution is 0.598. The van der Waals surface area contributed by atoms with E-state index in [2.05, 4.69) is 15.2 Å². The Hall–Kier alpha value is -2.35. The quantitative estimate of drug-likeness (QED) is 0.519. The van der Waals surface area contributed by atoms with Crippen LogP contribution in [0.2, 0.25) is 5.02 Å². The maximum atomic E-state index is 11.5. The van der Waals surface area contributed by atoms with Crippen molar-refractivity contribution in [2.45, 2.75) is 4.90 Å². The van der Waals surface area contributed by atoms with Crippen LogP contribution >= 0.6 is 11.6 Å². The number of fused-ring (bicyclic) bond motifs is 2. The lowest BCUT2D eigenvalue weighted by Gasteiger charge is -1.96. The Morgan fingerprint density at radius 2 is 1.87 bits per heavy atom. The third-order valence-corrected chi connectivity index (χ3v) is 4.85. The van der Waals surface area contributed by atoms with Crippen molar-refractivity contribution in [1.82, 2.24) is 15.2 Å². The molecule has 0 saturated heterocycles. The Morgan fingerprint density at radius 1 is 1.04 bits per heavy atom. The highest BCUT2D eigenvalue weighted by Gasteiger charge is 2.13. The van der Waals surface area contributed by atoms with E-state index in [1.54, 1.807) is 18.2 Å². The highest BCUT2D eigenvalue weighted by Crippen LogP contribution is 2.30. The zero-order valence-corrected chi connectivity index (χ0v) is 13.2. The van der Waals surface area contributed by atoms with Gasteiger partial charge in [-0.15, -0.1) is 0 Å². The summed E-state index contributed by atoms with van der Waals surface area (Å²) in [6.07, 6.45) is 0. The largest absolute Gasteiger partial charge is 0.353 e. The highest BCUT2D eigenvalue weighted by molar-refractivity contribution is 7.89. The Labute approximate surface area is 136 Å².